The Morgan fingerprint density at radius 3 is 2.48 bits per heavy atom. The minimum atomic E-state index is -0.238. The van der Waals surface area contributed by atoms with E-state index in [4.69, 9.17) is 0 Å². The zero-order chi connectivity index (χ0) is 19.4. The first-order valence-electron chi connectivity index (χ1n) is 9.64. The van der Waals surface area contributed by atoms with E-state index in [1.807, 2.05) is 11.8 Å². The first-order valence-corrected chi connectivity index (χ1v) is 10.5. The van der Waals surface area contributed by atoms with Gasteiger partial charge in [0.1, 0.15) is 10.7 Å². The van der Waals surface area contributed by atoms with Gasteiger partial charge in [0, 0.05) is 32.6 Å². The lowest BCUT2D eigenvalue weighted by Crippen LogP contribution is -2.48. The first kappa shape index (κ1) is 20.0. The number of benzene rings is 1. The molecule has 146 valence electrons. The van der Waals surface area contributed by atoms with Crippen molar-refractivity contribution in [3.8, 4) is 0 Å². The highest BCUT2D eigenvalue weighted by molar-refractivity contribution is 7.13. The van der Waals surface area contributed by atoms with E-state index in [-0.39, 0.29) is 11.7 Å². The quantitative estimate of drug-likeness (QED) is 0.750. The van der Waals surface area contributed by atoms with Crippen LogP contribution in [0.25, 0.3) is 0 Å². The summed E-state index contributed by atoms with van der Waals surface area (Å²) in [5.41, 5.74) is 1.80. The maximum atomic E-state index is 13.1. The van der Waals surface area contributed by atoms with Crippen molar-refractivity contribution >= 4 is 17.2 Å². The lowest BCUT2D eigenvalue weighted by atomic mass is 10.1. The monoisotopic (exact) mass is 389 g/mol. The second kappa shape index (κ2) is 8.93. The summed E-state index contributed by atoms with van der Waals surface area (Å²) in [5.74, 6) is 0.570. The number of piperazine rings is 1. The van der Waals surface area contributed by atoms with Crippen molar-refractivity contribution in [3.05, 3.63) is 51.2 Å². The maximum Gasteiger partial charge on any atom is 0.265 e. The van der Waals surface area contributed by atoms with Gasteiger partial charge >= 0.3 is 0 Å². The molecule has 1 aliphatic heterocycles. The predicted octanol–water partition coefficient (Wildman–Crippen LogP) is 3.99. The Morgan fingerprint density at radius 1 is 1.19 bits per heavy atom. The minimum Gasteiger partial charge on any atom is -0.335 e. The Kier molecular flexibility index (Phi) is 6.60. The molecule has 1 amide bonds. The average molecular weight is 390 g/mol. The normalized spacial score (nSPS) is 15.5. The van der Waals surface area contributed by atoms with Gasteiger partial charge in [0.05, 0.1) is 10.7 Å². The molecule has 1 aliphatic rings. The fraction of sp³-hybridized carbons (Fsp3) is 0.524. The summed E-state index contributed by atoms with van der Waals surface area (Å²) in [7, 11) is 0. The number of thiazole rings is 1. The minimum absolute atomic E-state index is 0.0962. The Morgan fingerprint density at radius 2 is 1.85 bits per heavy atom. The molecule has 0 radical (unpaired) electrons. The number of halogens is 1. The van der Waals surface area contributed by atoms with Gasteiger partial charge in [0.15, 0.2) is 0 Å². The van der Waals surface area contributed by atoms with Gasteiger partial charge in [-0.15, -0.1) is 11.3 Å². The highest BCUT2D eigenvalue weighted by Crippen LogP contribution is 2.23. The fourth-order valence-corrected chi connectivity index (χ4v) is 4.33. The molecule has 0 aliphatic carbocycles. The van der Waals surface area contributed by atoms with Gasteiger partial charge in [-0.05, 0) is 43.5 Å². The average Bonchev–Trinajstić information content (AvgIpc) is 3.02. The zero-order valence-corrected chi connectivity index (χ0v) is 17.2. The van der Waals surface area contributed by atoms with Gasteiger partial charge in [-0.2, -0.15) is 0 Å². The standard InChI is InChI=1S/C21H28FN3OS/c1-15(2)8-9-24-10-12-25(13-11-24)21(26)20-16(3)23-19(27-20)14-17-4-6-18(22)7-5-17/h4-7,15H,8-14H2,1-3H3. The van der Waals surface area contributed by atoms with Crippen LogP contribution in [0.15, 0.2) is 24.3 Å². The van der Waals surface area contributed by atoms with Crippen LogP contribution >= 0.6 is 11.3 Å². The number of carbonyl (C=O) groups excluding carboxylic acids is 1. The number of rotatable bonds is 6. The van der Waals surface area contributed by atoms with Crippen LogP contribution in [0.1, 0.15) is 46.2 Å². The van der Waals surface area contributed by atoms with E-state index >= 15 is 0 Å². The second-order valence-electron chi connectivity index (χ2n) is 7.64. The second-order valence-corrected chi connectivity index (χ2v) is 8.73. The number of amides is 1. The number of nitrogens with zero attached hydrogens (tertiary/aromatic N) is 3. The van der Waals surface area contributed by atoms with Crippen LogP contribution in [0.4, 0.5) is 4.39 Å². The van der Waals surface area contributed by atoms with Crippen LogP contribution in [0.5, 0.6) is 0 Å². The van der Waals surface area contributed by atoms with Crippen LogP contribution < -0.4 is 0 Å². The Bertz CT molecular complexity index is 764. The van der Waals surface area contributed by atoms with E-state index in [0.29, 0.717) is 12.3 Å². The third-order valence-corrected chi connectivity index (χ3v) is 6.13. The predicted molar refractivity (Wildman–Crippen MR) is 108 cm³/mol. The van der Waals surface area contributed by atoms with Crippen LogP contribution in [0.3, 0.4) is 0 Å². The molecule has 6 heteroatoms. The number of hydrogen-bond donors (Lipinski definition) is 0. The third-order valence-electron chi connectivity index (χ3n) is 4.99. The summed E-state index contributed by atoms with van der Waals surface area (Å²) in [4.78, 5) is 22.6. The summed E-state index contributed by atoms with van der Waals surface area (Å²) >= 11 is 1.47. The molecule has 0 atom stereocenters. The molecular formula is C21H28FN3OS. The van der Waals surface area contributed by atoms with Crippen molar-refractivity contribution < 1.29 is 9.18 Å². The summed E-state index contributed by atoms with van der Waals surface area (Å²) in [6.45, 7) is 10.9. The lowest BCUT2D eigenvalue weighted by molar-refractivity contribution is 0.0635. The van der Waals surface area contributed by atoms with Crippen molar-refractivity contribution in [2.75, 3.05) is 32.7 Å². The smallest absolute Gasteiger partial charge is 0.265 e. The van der Waals surface area contributed by atoms with Gasteiger partial charge in [0.25, 0.3) is 5.91 Å². The fourth-order valence-electron chi connectivity index (χ4n) is 3.26. The molecule has 2 heterocycles. The van der Waals surface area contributed by atoms with E-state index in [2.05, 4.69) is 23.7 Å². The van der Waals surface area contributed by atoms with Crippen molar-refractivity contribution in [3.63, 3.8) is 0 Å². The SMILES string of the molecule is Cc1nc(Cc2ccc(F)cc2)sc1C(=O)N1CCN(CCC(C)C)CC1. The van der Waals surface area contributed by atoms with Gasteiger partial charge in [0.2, 0.25) is 0 Å². The molecule has 4 nitrogen and oxygen atoms in total. The molecular weight excluding hydrogens is 361 g/mol. The molecule has 1 saturated heterocycles. The molecule has 0 saturated carbocycles. The van der Waals surface area contributed by atoms with Gasteiger partial charge in [-0.1, -0.05) is 26.0 Å². The zero-order valence-electron chi connectivity index (χ0n) is 16.4. The van der Waals surface area contributed by atoms with Crippen LogP contribution in [0.2, 0.25) is 0 Å². The van der Waals surface area contributed by atoms with E-state index in [9.17, 15) is 9.18 Å². The van der Waals surface area contributed by atoms with Crippen LogP contribution in [0, 0.1) is 18.7 Å². The molecule has 0 bridgehead atoms. The van der Waals surface area contributed by atoms with E-state index in [1.165, 1.54) is 29.9 Å². The highest BCUT2D eigenvalue weighted by Gasteiger charge is 2.25. The Balaban J connectivity index is 1.59. The summed E-state index contributed by atoms with van der Waals surface area (Å²) in [5, 5.41) is 0.901. The molecule has 1 aromatic heterocycles. The number of aryl methyl sites for hydroxylation is 1. The molecule has 0 unspecified atom stereocenters. The maximum absolute atomic E-state index is 13.1. The molecule has 0 spiro atoms. The topological polar surface area (TPSA) is 36.4 Å². The number of carbonyl (C=O) groups is 1. The van der Waals surface area contributed by atoms with Crippen molar-refractivity contribution in [1.82, 2.24) is 14.8 Å². The van der Waals surface area contributed by atoms with Crippen LogP contribution in [-0.4, -0.2) is 53.4 Å². The highest BCUT2D eigenvalue weighted by atomic mass is 32.1. The van der Waals surface area contributed by atoms with Gasteiger partial charge < -0.3 is 4.90 Å². The Labute approximate surface area is 165 Å². The summed E-state index contributed by atoms with van der Waals surface area (Å²) in [6.07, 6.45) is 1.83. The molecule has 27 heavy (non-hydrogen) atoms. The van der Waals surface area contributed by atoms with E-state index in [0.717, 1.165) is 53.9 Å². The van der Waals surface area contributed by atoms with Gasteiger partial charge in [-0.25, -0.2) is 9.37 Å². The third kappa shape index (κ3) is 5.36. The largest absolute Gasteiger partial charge is 0.335 e. The Hall–Kier alpha value is -1.79. The number of hydrogen-bond acceptors (Lipinski definition) is 4. The van der Waals surface area contributed by atoms with Crippen molar-refractivity contribution in [1.29, 1.82) is 0 Å². The summed E-state index contributed by atoms with van der Waals surface area (Å²) < 4.78 is 13.1. The van der Waals surface area contributed by atoms with Crippen molar-refractivity contribution in [2.45, 2.75) is 33.6 Å². The molecule has 3 rings (SSSR count). The van der Waals surface area contributed by atoms with Crippen molar-refractivity contribution in [2.24, 2.45) is 5.92 Å². The number of aromatic nitrogens is 1. The lowest BCUT2D eigenvalue weighted by Gasteiger charge is -2.34. The molecule has 1 aromatic carbocycles. The molecule has 0 N–H and O–H groups in total. The molecule has 1 fully saturated rings. The first-order chi connectivity index (χ1) is 12.9. The molecule has 2 aromatic rings. The summed E-state index contributed by atoms with van der Waals surface area (Å²) in [6, 6.07) is 6.45. The van der Waals surface area contributed by atoms with Gasteiger partial charge in [-0.3, -0.25) is 9.69 Å². The van der Waals surface area contributed by atoms with Crippen LogP contribution in [-0.2, 0) is 6.42 Å². The van der Waals surface area contributed by atoms with E-state index < -0.39 is 0 Å². The van der Waals surface area contributed by atoms with E-state index in [1.54, 1.807) is 12.1 Å².